The predicted octanol–water partition coefficient (Wildman–Crippen LogP) is 3.24. The molecule has 1 atom stereocenters. The quantitative estimate of drug-likeness (QED) is 0.649. The third-order valence-electron chi connectivity index (χ3n) is 4.35. The molecule has 1 aliphatic heterocycles. The summed E-state index contributed by atoms with van der Waals surface area (Å²) < 4.78 is 5.36. The number of nitro groups is 1. The van der Waals surface area contributed by atoms with E-state index in [2.05, 4.69) is 0 Å². The zero-order chi connectivity index (χ0) is 19.5. The first kappa shape index (κ1) is 19.7. The number of nitro benzene ring substituents is 1. The van der Waals surface area contributed by atoms with Crippen LogP contribution in [0.3, 0.4) is 0 Å². The Kier molecular flexibility index (Phi) is 5.53. The van der Waals surface area contributed by atoms with Gasteiger partial charge in [0.15, 0.2) is 0 Å². The summed E-state index contributed by atoms with van der Waals surface area (Å²) in [5.41, 5.74) is -1.37. The Balaban J connectivity index is 2.23. The van der Waals surface area contributed by atoms with Crippen molar-refractivity contribution in [3.05, 3.63) is 39.9 Å². The molecule has 1 saturated heterocycles. The zero-order valence-electron chi connectivity index (χ0n) is 15.2. The molecule has 8 heteroatoms. The minimum Gasteiger partial charge on any atom is -0.481 e. The molecule has 1 aliphatic rings. The first-order valence-corrected chi connectivity index (χ1v) is 8.47. The fourth-order valence-electron chi connectivity index (χ4n) is 3.18. The van der Waals surface area contributed by atoms with Crippen LogP contribution in [0.1, 0.15) is 39.2 Å². The number of hydrogen-bond acceptors (Lipinski definition) is 5. The van der Waals surface area contributed by atoms with Crippen LogP contribution in [0.4, 0.5) is 10.5 Å². The number of rotatable bonds is 4. The highest BCUT2D eigenvalue weighted by molar-refractivity contribution is 5.77. The molecular formula is C18H24N2O6. The van der Waals surface area contributed by atoms with Crippen molar-refractivity contribution in [2.24, 2.45) is 5.41 Å². The number of aliphatic carboxylic acids is 1. The van der Waals surface area contributed by atoms with E-state index in [1.54, 1.807) is 26.8 Å². The van der Waals surface area contributed by atoms with E-state index in [1.807, 2.05) is 0 Å². The lowest BCUT2D eigenvalue weighted by Crippen LogP contribution is -2.52. The number of amides is 1. The average Bonchev–Trinajstić information content (AvgIpc) is 2.53. The molecule has 1 aromatic carbocycles. The van der Waals surface area contributed by atoms with Crippen LogP contribution in [-0.2, 0) is 16.0 Å². The summed E-state index contributed by atoms with van der Waals surface area (Å²) in [5.74, 6) is -1.02. The van der Waals surface area contributed by atoms with Gasteiger partial charge in [-0.15, -0.1) is 0 Å². The highest BCUT2D eigenvalue weighted by atomic mass is 16.6. The number of ether oxygens (including phenoxy) is 1. The molecule has 1 unspecified atom stereocenters. The predicted molar refractivity (Wildman–Crippen MR) is 93.9 cm³/mol. The second kappa shape index (κ2) is 7.31. The Morgan fingerprint density at radius 1 is 1.38 bits per heavy atom. The van der Waals surface area contributed by atoms with Crippen molar-refractivity contribution in [2.45, 2.75) is 45.6 Å². The highest BCUT2D eigenvalue weighted by Gasteiger charge is 2.44. The topological polar surface area (TPSA) is 110 Å². The largest absolute Gasteiger partial charge is 0.481 e. The summed E-state index contributed by atoms with van der Waals surface area (Å²) in [7, 11) is 0. The summed E-state index contributed by atoms with van der Waals surface area (Å²) in [6.07, 6.45) is 0.496. The number of hydrogen-bond donors (Lipinski definition) is 1. The van der Waals surface area contributed by atoms with Crippen LogP contribution in [0, 0.1) is 15.5 Å². The molecule has 8 nitrogen and oxygen atoms in total. The van der Waals surface area contributed by atoms with Crippen molar-refractivity contribution in [3.63, 3.8) is 0 Å². The molecule has 0 bridgehead atoms. The SMILES string of the molecule is CC(C)(C)OC(=O)N1CCCC(Cc2cccc([N+](=O)[O-])c2)(C(=O)O)C1. The van der Waals surface area contributed by atoms with Gasteiger partial charge in [0.2, 0.25) is 0 Å². The van der Waals surface area contributed by atoms with E-state index in [0.29, 0.717) is 24.9 Å². The van der Waals surface area contributed by atoms with Gasteiger partial charge in [0.05, 0.1) is 10.3 Å². The number of carboxylic acids is 1. The van der Waals surface area contributed by atoms with Crippen LogP contribution in [0.25, 0.3) is 0 Å². The van der Waals surface area contributed by atoms with Gasteiger partial charge in [-0.25, -0.2) is 4.79 Å². The van der Waals surface area contributed by atoms with Crippen molar-refractivity contribution in [1.29, 1.82) is 0 Å². The van der Waals surface area contributed by atoms with E-state index in [-0.39, 0.29) is 18.7 Å². The molecule has 0 aliphatic carbocycles. The number of likely N-dealkylation sites (tertiary alicyclic amines) is 1. The summed E-state index contributed by atoms with van der Waals surface area (Å²) in [6.45, 7) is 5.70. The molecule has 1 N–H and O–H groups in total. The van der Waals surface area contributed by atoms with Crippen molar-refractivity contribution < 1.29 is 24.4 Å². The van der Waals surface area contributed by atoms with Gasteiger partial charge in [-0.3, -0.25) is 14.9 Å². The monoisotopic (exact) mass is 364 g/mol. The number of carboxylic acid groups (broad SMARTS) is 1. The van der Waals surface area contributed by atoms with Gasteiger partial charge in [-0.1, -0.05) is 12.1 Å². The molecular weight excluding hydrogens is 340 g/mol. The van der Waals surface area contributed by atoms with Gasteiger partial charge in [0, 0.05) is 25.2 Å². The van der Waals surface area contributed by atoms with Gasteiger partial charge in [0.25, 0.3) is 5.69 Å². The fraction of sp³-hybridized carbons (Fsp3) is 0.556. The molecule has 1 fully saturated rings. The maximum absolute atomic E-state index is 12.3. The van der Waals surface area contributed by atoms with Crippen LogP contribution in [-0.4, -0.2) is 45.7 Å². The van der Waals surface area contributed by atoms with Crippen LogP contribution in [0.15, 0.2) is 24.3 Å². The van der Waals surface area contributed by atoms with Crippen molar-refractivity contribution in [1.82, 2.24) is 4.90 Å². The van der Waals surface area contributed by atoms with Crippen molar-refractivity contribution >= 4 is 17.7 Å². The molecule has 1 aromatic rings. The molecule has 0 spiro atoms. The first-order chi connectivity index (χ1) is 12.0. The second-order valence-corrected chi connectivity index (χ2v) is 7.69. The van der Waals surface area contributed by atoms with Crippen LogP contribution >= 0.6 is 0 Å². The highest BCUT2D eigenvalue weighted by Crippen LogP contribution is 2.35. The molecule has 1 heterocycles. The van der Waals surface area contributed by atoms with Crippen molar-refractivity contribution in [2.75, 3.05) is 13.1 Å². The number of nitrogens with zero attached hydrogens (tertiary/aromatic N) is 2. The van der Waals surface area contributed by atoms with E-state index in [0.717, 1.165) is 0 Å². The molecule has 142 valence electrons. The molecule has 0 aromatic heterocycles. The second-order valence-electron chi connectivity index (χ2n) is 7.69. The Labute approximate surface area is 151 Å². The summed E-state index contributed by atoms with van der Waals surface area (Å²) in [5, 5.41) is 20.8. The molecule has 2 rings (SSSR count). The fourth-order valence-corrected chi connectivity index (χ4v) is 3.18. The lowest BCUT2D eigenvalue weighted by atomic mass is 9.75. The van der Waals surface area contributed by atoms with Gasteiger partial charge < -0.3 is 14.7 Å². The number of carbonyl (C=O) groups excluding carboxylic acids is 1. The minimum absolute atomic E-state index is 0.0138. The third-order valence-corrected chi connectivity index (χ3v) is 4.35. The smallest absolute Gasteiger partial charge is 0.410 e. The first-order valence-electron chi connectivity index (χ1n) is 8.47. The zero-order valence-corrected chi connectivity index (χ0v) is 15.2. The van der Waals surface area contributed by atoms with E-state index in [4.69, 9.17) is 4.74 Å². The van der Waals surface area contributed by atoms with Crippen LogP contribution < -0.4 is 0 Å². The summed E-state index contributed by atoms with van der Waals surface area (Å²) in [6, 6.07) is 5.96. The van der Waals surface area contributed by atoms with Gasteiger partial charge in [0.1, 0.15) is 5.60 Å². The lowest BCUT2D eigenvalue weighted by Gasteiger charge is -2.40. The van der Waals surface area contributed by atoms with Crippen LogP contribution in [0.2, 0.25) is 0 Å². The van der Waals surface area contributed by atoms with E-state index in [9.17, 15) is 24.8 Å². The number of piperidine rings is 1. The van der Waals surface area contributed by atoms with Gasteiger partial charge in [-0.05, 0) is 45.6 Å². The summed E-state index contributed by atoms with van der Waals surface area (Å²) >= 11 is 0. The molecule has 0 saturated carbocycles. The summed E-state index contributed by atoms with van der Waals surface area (Å²) in [4.78, 5) is 36.2. The maximum atomic E-state index is 12.3. The Hall–Kier alpha value is -2.64. The van der Waals surface area contributed by atoms with E-state index >= 15 is 0 Å². The van der Waals surface area contributed by atoms with Gasteiger partial charge >= 0.3 is 12.1 Å². The number of carbonyl (C=O) groups is 2. The van der Waals surface area contributed by atoms with E-state index < -0.39 is 28.0 Å². The number of non-ortho nitro benzene ring substituents is 1. The molecule has 26 heavy (non-hydrogen) atoms. The minimum atomic E-state index is -1.19. The normalized spacial score (nSPS) is 20.5. The Morgan fingerprint density at radius 3 is 2.65 bits per heavy atom. The Morgan fingerprint density at radius 2 is 2.08 bits per heavy atom. The lowest BCUT2D eigenvalue weighted by molar-refractivity contribution is -0.384. The standard InChI is InChI=1S/C18H24N2O6/c1-17(2,3)26-16(23)19-9-5-8-18(12-19,15(21)22)11-13-6-4-7-14(10-13)20(24)25/h4,6-7,10H,5,8-9,11-12H2,1-3H3,(H,21,22). The third kappa shape index (κ3) is 4.71. The molecule has 1 amide bonds. The number of benzene rings is 1. The van der Waals surface area contributed by atoms with Gasteiger partial charge in [-0.2, -0.15) is 0 Å². The van der Waals surface area contributed by atoms with E-state index in [1.165, 1.54) is 23.1 Å². The van der Waals surface area contributed by atoms with Crippen molar-refractivity contribution in [3.8, 4) is 0 Å². The van der Waals surface area contributed by atoms with Crippen LogP contribution in [0.5, 0.6) is 0 Å². The Bertz CT molecular complexity index is 712. The average molecular weight is 364 g/mol. The maximum Gasteiger partial charge on any atom is 0.410 e. The molecule has 0 radical (unpaired) electrons.